The zero-order chi connectivity index (χ0) is 16.6. The first-order chi connectivity index (χ1) is 11.4. The second-order valence-electron chi connectivity index (χ2n) is 6.19. The highest BCUT2D eigenvalue weighted by molar-refractivity contribution is 5.75. The largest absolute Gasteiger partial charge is 0.385 e. The highest BCUT2D eigenvalue weighted by atomic mass is 16.1. The first-order valence-corrected chi connectivity index (χ1v) is 9.31. The third-order valence-corrected chi connectivity index (χ3v) is 4.06. The van der Waals surface area contributed by atoms with Crippen LogP contribution in [0.5, 0.6) is 0 Å². The number of carbonyl (C=O) groups is 1. The number of hydrogen-bond acceptors (Lipinski definition) is 2. The van der Waals surface area contributed by atoms with Crippen LogP contribution in [0, 0.1) is 0 Å². The maximum Gasteiger partial charge on any atom is 0.150 e. The van der Waals surface area contributed by atoms with Crippen LogP contribution in [-0.4, -0.2) is 12.8 Å². The molecule has 0 fully saturated rings. The van der Waals surface area contributed by atoms with E-state index in [-0.39, 0.29) is 0 Å². The molecule has 0 radical (unpaired) electrons. The van der Waals surface area contributed by atoms with Gasteiger partial charge >= 0.3 is 0 Å². The third kappa shape index (κ3) is 10.7. The Labute approximate surface area is 142 Å². The molecule has 0 heterocycles. The van der Waals surface area contributed by atoms with Gasteiger partial charge in [-0.1, -0.05) is 57.6 Å². The van der Waals surface area contributed by atoms with Crippen molar-refractivity contribution in [2.45, 2.75) is 71.1 Å². The van der Waals surface area contributed by atoms with Gasteiger partial charge < -0.3 is 5.32 Å². The molecule has 0 unspecified atom stereocenters. The number of carbonyl (C=O) groups excluding carboxylic acids is 1. The SMILES string of the molecule is CCCCCCCCC/C=C/CCCNc1ccc(C=O)cc1. The molecule has 0 bridgehead atoms. The van der Waals surface area contributed by atoms with Gasteiger partial charge in [0.15, 0.2) is 0 Å². The predicted octanol–water partition coefficient (Wildman–Crippen LogP) is 6.39. The van der Waals surface area contributed by atoms with E-state index in [1.165, 1.54) is 51.4 Å². The summed E-state index contributed by atoms with van der Waals surface area (Å²) in [5, 5.41) is 3.38. The summed E-state index contributed by atoms with van der Waals surface area (Å²) in [5.74, 6) is 0. The zero-order valence-corrected chi connectivity index (χ0v) is 14.7. The average Bonchev–Trinajstić information content (AvgIpc) is 2.59. The summed E-state index contributed by atoms with van der Waals surface area (Å²) in [4.78, 5) is 10.6. The smallest absolute Gasteiger partial charge is 0.150 e. The van der Waals surface area contributed by atoms with Crippen molar-refractivity contribution in [3.8, 4) is 0 Å². The van der Waals surface area contributed by atoms with Crippen LogP contribution >= 0.6 is 0 Å². The summed E-state index contributed by atoms with van der Waals surface area (Å²) < 4.78 is 0. The zero-order valence-electron chi connectivity index (χ0n) is 14.7. The van der Waals surface area contributed by atoms with Crippen LogP contribution in [0.2, 0.25) is 0 Å². The van der Waals surface area contributed by atoms with Gasteiger partial charge in [-0.25, -0.2) is 0 Å². The molecule has 1 aromatic carbocycles. The lowest BCUT2D eigenvalue weighted by molar-refractivity contribution is 0.112. The average molecular weight is 316 g/mol. The molecule has 1 N–H and O–H groups in total. The maximum absolute atomic E-state index is 10.6. The first kappa shape index (κ1) is 19.5. The fourth-order valence-electron chi connectivity index (χ4n) is 2.59. The first-order valence-electron chi connectivity index (χ1n) is 9.31. The second kappa shape index (κ2) is 14.0. The quantitative estimate of drug-likeness (QED) is 0.245. The van der Waals surface area contributed by atoms with Crippen molar-refractivity contribution < 1.29 is 4.79 Å². The summed E-state index contributed by atoms with van der Waals surface area (Å²) in [6.07, 6.45) is 18.7. The van der Waals surface area contributed by atoms with E-state index in [4.69, 9.17) is 0 Å². The summed E-state index contributed by atoms with van der Waals surface area (Å²) >= 11 is 0. The van der Waals surface area contributed by atoms with Gasteiger partial charge in [-0.3, -0.25) is 4.79 Å². The van der Waals surface area contributed by atoms with Gasteiger partial charge in [-0.15, -0.1) is 0 Å². The third-order valence-electron chi connectivity index (χ3n) is 4.06. The molecule has 2 nitrogen and oxygen atoms in total. The molecule has 0 aromatic heterocycles. The molecule has 0 spiro atoms. The maximum atomic E-state index is 10.6. The highest BCUT2D eigenvalue weighted by Crippen LogP contribution is 2.10. The minimum Gasteiger partial charge on any atom is -0.385 e. The topological polar surface area (TPSA) is 29.1 Å². The monoisotopic (exact) mass is 315 g/mol. The van der Waals surface area contributed by atoms with Crippen LogP contribution in [0.3, 0.4) is 0 Å². The molecule has 0 aliphatic rings. The molecular weight excluding hydrogens is 282 g/mol. The van der Waals surface area contributed by atoms with Crippen LogP contribution in [0.15, 0.2) is 36.4 Å². The van der Waals surface area contributed by atoms with Gasteiger partial charge in [0.2, 0.25) is 0 Å². The molecule has 2 heteroatoms. The predicted molar refractivity (Wildman–Crippen MR) is 101 cm³/mol. The summed E-state index contributed by atoms with van der Waals surface area (Å²) in [7, 11) is 0. The fourth-order valence-corrected chi connectivity index (χ4v) is 2.59. The molecule has 0 saturated heterocycles. The Hall–Kier alpha value is -1.57. The Morgan fingerprint density at radius 1 is 0.826 bits per heavy atom. The van der Waals surface area contributed by atoms with Gasteiger partial charge in [0.05, 0.1) is 0 Å². The fraction of sp³-hybridized carbons (Fsp3) is 0.571. The Morgan fingerprint density at radius 2 is 1.43 bits per heavy atom. The van der Waals surface area contributed by atoms with Crippen LogP contribution in [-0.2, 0) is 0 Å². The van der Waals surface area contributed by atoms with Crippen molar-refractivity contribution in [2.75, 3.05) is 11.9 Å². The van der Waals surface area contributed by atoms with Crippen molar-refractivity contribution >= 4 is 12.0 Å². The van der Waals surface area contributed by atoms with Crippen LogP contribution in [0.1, 0.15) is 81.5 Å². The molecule has 0 aliphatic heterocycles. The molecular formula is C21H33NO. The van der Waals surface area contributed by atoms with E-state index >= 15 is 0 Å². The van der Waals surface area contributed by atoms with E-state index in [0.29, 0.717) is 0 Å². The van der Waals surface area contributed by atoms with Crippen molar-refractivity contribution in [1.82, 2.24) is 0 Å². The van der Waals surface area contributed by atoms with Gasteiger partial charge in [-0.2, -0.15) is 0 Å². The molecule has 0 saturated carbocycles. The Bertz CT molecular complexity index is 422. The van der Waals surface area contributed by atoms with E-state index in [1.54, 1.807) is 0 Å². The minimum atomic E-state index is 0.726. The van der Waals surface area contributed by atoms with E-state index in [2.05, 4.69) is 24.4 Å². The highest BCUT2D eigenvalue weighted by Gasteiger charge is 1.93. The van der Waals surface area contributed by atoms with Crippen molar-refractivity contribution in [2.24, 2.45) is 0 Å². The minimum absolute atomic E-state index is 0.726. The van der Waals surface area contributed by atoms with Gasteiger partial charge in [0.1, 0.15) is 6.29 Å². The number of benzene rings is 1. The molecule has 0 amide bonds. The second-order valence-corrected chi connectivity index (χ2v) is 6.19. The number of anilines is 1. The van der Waals surface area contributed by atoms with Crippen LogP contribution in [0.25, 0.3) is 0 Å². The van der Waals surface area contributed by atoms with E-state index < -0.39 is 0 Å². The number of unbranched alkanes of at least 4 members (excludes halogenated alkanes) is 8. The van der Waals surface area contributed by atoms with Gasteiger partial charge in [-0.05, 0) is 49.9 Å². The van der Waals surface area contributed by atoms with Crippen molar-refractivity contribution in [3.05, 3.63) is 42.0 Å². The molecule has 23 heavy (non-hydrogen) atoms. The summed E-state index contributed by atoms with van der Waals surface area (Å²) in [6, 6.07) is 7.61. The van der Waals surface area contributed by atoms with E-state index in [0.717, 1.165) is 36.9 Å². The van der Waals surface area contributed by atoms with E-state index in [9.17, 15) is 4.79 Å². The number of hydrogen-bond donors (Lipinski definition) is 1. The number of rotatable bonds is 14. The summed E-state index contributed by atoms with van der Waals surface area (Å²) in [5.41, 5.74) is 1.81. The molecule has 0 aliphatic carbocycles. The lowest BCUT2D eigenvalue weighted by Crippen LogP contribution is -2.00. The Balaban J connectivity index is 1.91. The lowest BCUT2D eigenvalue weighted by Gasteiger charge is -2.05. The van der Waals surface area contributed by atoms with Crippen molar-refractivity contribution in [3.63, 3.8) is 0 Å². The van der Waals surface area contributed by atoms with Crippen LogP contribution < -0.4 is 5.32 Å². The molecule has 0 atom stereocenters. The molecule has 1 rings (SSSR count). The molecule has 1 aromatic rings. The van der Waals surface area contributed by atoms with Crippen LogP contribution in [0.4, 0.5) is 5.69 Å². The van der Waals surface area contributed by atoms with Crippen molar-refractivity contribution in [1.29, 1.82) is 0 Å². The van der Waals surface area contributed by atoms with Gasteiger partial charge in [0, 0.05) is 17.8 Å². The number of nitrogens with one attached hydrogen (secondary N) is 1. The van der Waals surface area contributed by atoms with E-state index in [1.807, 2.05) is 24.3 Å². The standard InChI is InChI=1S/C21H33NO/c1-2-3-4-5-6-7-8-9-10-11-12-13-18-22-21-16-14-20(19-23)15-17-21/h10-11,14-17,19,22H,2-9,12-13,18H2,1H3/b11-10+. The van der Waals surface area contributed by atoms with Gasteiger partial charge in [0.25, 0.3) is 0 Å². The number of aldehydes is 1. The lowest BCUT2D eigenvalue weighted by atomic mass is 10.1. The Morgan fingerprint density at radius 3 is 2.09 bits per heavy atom. The normalized spacial score (nSPS) is 11.0. The molecule has 128 valence electrons. The Kier molecular flexibility index (Phi) is 11.9. The number of allylic oxidation sites excluding steroid dienone is 2. The summed E-state index contributed by atoms with van der Waals surface area (Å²) in [6.45, 7) is 3.24.